The predicted molar refractivity (Wildman–Crippen MR) is 121 cm³/mol. The van der Waals surface area contributed by atoms with Crippen LogP contribution in [-0.4, -0.2) is 25.0 Å². The van der Waals surface area contributed by atoms with Gasteiger partial charge in [-0.3, -0.25) is 9.59 Å². The van der Waals surface area contributed by atoms with E-state index < -0.39 is 46.8 Å². The number of anilines is 1. The topological polar surface area (TPSA) is 93.4 Å². The van der Waals surface area contributed by atoms with Crippen molar-refractivity contribution < 1.29 is 36.3 Å². The summed E-state index contributed by atoms with van der Waals surface area (Å²) >= 11 is 6.23. The first-order valence-corrected chi connectivity index (χ1v) is 10.8. The minimum Gasteiger partial charge on any atom is -0.492 e. The maximum Gasteiger partial charge on any atom is 0.416 e. The van der Waals surface area contributed by atoms with Crippen LogP contribution in [0.15, 0.2) is 48.5 Å². The minimum atomic E-state index is -4.88. The van der Waals surface area contributed by atoms with Crippen molar-refractivity contribution in [3.05, 3.63) is 93.0 Å². The molecule has 0 spiro atoms. The molecule has 36 heavy (non-hydrogen) atoms. The fourth-order valence-electron chi connectivity index (χ4n) is 3.82. The van der Waals surface area contributed by atoms with Crippen molar-refractivity contribution in [2.24, 2.45) is 5.73 Å². The van der Waals surface area contributed by atoms with Crippen LogP contribution < -0.4 is 21.1 Å². The zero-order chi connectivity index (χ0) is 26.2. The summed E-state index contributed by atoms with van der Waals surface area (Å²) in [6.45, 7) is 0.196. The lowest BCUT2D eigenvalue weighted by Crippen LogP contribution is -2.21. The molecule has 12 heteroatoms. The maximum atomic E-state index is 14.0. The third-order valence-electron chi connectivity index (χ3n) is 5.35. The number of nitrogens with one attached hydrogen (secondary N) is 2. The first kappa shape index (κ1) is 25.4. The molecule has 0 aliphatic carbocycles. The van der Waals surface area contributed by atoms with Gasteiger partial charge in [0.2, 0.25) is 0 Å². The van der Waals surface area contributed by atoms with Gasteiger partial charge in [0.25, 0.3) is 11.8 Å². The van der Waals surface area contributed by atoms with E-state index in [9.17, 15) is 31.5 Å². The molecule has 2 amide bonds. The Morgan fingerprint density at radius 3 is 2.53 bits per heavy atom. The summed E-state index contributed by atoms with van der Waals surface area (Å²) < 4.78 is 72.7. The van der Waals surface area contributed by atoms with Crippen LogP contribution in [0.2, 0.25) is 5.02 Å². The van der Waals surface area contributed by atoms with E-state index in [-0.39, 0.29) is 52.4 Å². The van der Waals surface area contributed by atoms with Gasteiger partial charge in [-0.1, -0.05) is 11.6 Å². The zero-order valence-electron chi connectivity index (χ0n) is 18.2. The number of carbonyl (C=O) groups excluding carboxylic acids is 2. The van der Waals surface area contributed by atoms with Gasteiger partial charge in [0.1, 0.15) is 24.0 Å². The Labute approximate surface area is 206 Å². The number of rotatable bonds is 6. The Morgan fingerprint density at radius 2 is 1.83 bits per heavy atom. The van der Waals surface area contributed by atoms with Crippen molar-refractivity contribution in [3.8, 4) is 5.75 Å². The first-order valence-electron chi connectivity index (χ1n) is 10.4. The van der Waals surface area contributed by atoms with E-state index >= 15 is 0 Å². The summed E-state index contributed by atoms with van der Waals surface area (Å²) in [5.74, 6) is -3.44. The Morgan fingerprint density at radius 1 is 1.08 bits per heavy atom. The van der Waals surface area contributed by atoms with E-state index in [0.29, 0.717) is 12.1 Å². The van der Waals surface area contributed by atoms with Crippen LogP contribution in [0.25, 0.3) is 0 Å². The highest BCUT2D eigenvalue weighted by atomic mass is 35.5. The lowest BCUT2D eigenvalue weighted by atomic mass is 9.95. The van der Waals surface area contributed by atoms with Crippen LogP contribution in [0.5, 0.6) is 5.75 Å². The van der Waals surface area contributed by atoms with Crippen molar-refractivity contribution in [1.82, 2.24) is 5.32 Å². The van der Waals surface area contributed by atoms with Crippen LogP contribution in [0, 0.1) is 11.6 Å². The van der Waals surface area contributed by atoms with Gasteiger partial charge in [0.05, 0.1) is 22.9 Å². The zero-order valence-corrected chi connectivity index (χ0v) is 18.9. The second-order valence-electron chi connectivity index (χ2n) is 7.82. The van der Waals surface area contributed by atoms with E-state index in [4.69, 9.17) is 22.1 Å². The number of nitrogens with two attached hydrogens (primary N) is 1. The van der Waals surface area contributed by atoms with Crippen LogP contribution in [-0.2, 0) is 6.18 Å². The quantitative estimate of drug-likeness (QED) is 0.392. The Balaban J connectivity index is 1.81. The van der Waals surface area contributed by atoms with Gasteiger partial charge >= 0.3 is 6.18 Å². The van der Waals surface area contributed by atoms with Crippen LogP contribution in [0.1, 0.15) is 43.4 Å². The third-order valence-corrected chi connectivity index (χ3v) is 5.70. The lowest BCUT2D eigenvalue weighted by molar-refractivity contribution is -0.137. The number of alkyl halides is 3. The molecule has 4 N–H and O–H groups in total. The lowest BCUT2D eigenvalue weighted by Gasteiger charge is -2.19. The molecule has 1 unspecified atom stereocenters. The molecule has 0 aromatic heterocycles. The summed E-state index contributed by atoms with van der Waals surface area (Å²) in [7, 11) is 0. The van der Waals surface area contributed by atoms with E-state index in [1.54, 1.807) is 0 Å². The molecule has 0 saturated carbocycles. The molecule has 0 radical (unpaired) electrons. The SMILES string of the molecule is NCCOc1cc(NC(=O)c2cc(F)cc(C(F)(F)F)c2)c2c(c1)C(=O)NC2c1cc(F)ccc1Cl. The average Bonchev–Trinajstić information content (AvgIpc) is 3.14. The van der Waals surface area contributed by atoms with Crippen LogP contribution >= 0.6 is 11.6 Å². The average molecular weight is 526 g/mol. The number of halogens is 6. The highest BCUT2D eigenvalue weighted by molar-refractivity contribution is 6.31. The highest BCUT2D eigenvalue weighted by Crippen LogP contribution is 2.41. The van der Waals surface area contributed by atoms with Crippen molar-refractivity contribution >= 4 is 29.1 Å². The second kappa shape index (κ2) is 9.75. The van der Waals surface area contributed by atoms with Gasteiger partial charge in [0, 0.05) is 34.3 Å². The number of fused-ring (bicyclic) bond motifs is 1. The number of hydrogen-bond donors (Lipinski definition) is 3. The normalized spacial score (nSPS) is 14.9. The molecule has 0 fully saturated rings. The summed E-state index contributed by atoms with van der Waals surface area (Å²) in [4.78, 5) is 25.7. The van der Waals surface area contributed by atoms with E-state index in [1.807, 2.05) is 0 Å². The number of benzene rings is 3. The molecule has 1 heterocycles. The van der Waals surface area contributed by atoms with Crippen molar-refractivity contribution in [1.29, 1.82) is 0 Å². The summed E-state index contributed by atoms with van der Waals surface area (Å²) in [6.07, 6.45) is -4.88. The van der Waals surface area contributed by atoms with Crippen molar-refractivity contribution in [2.75, 3.05) is 18.5 Å². The third kappa shape index (κ3) is 5.12. The number of hydrogen-bond acceptors (Lipinski definition) is 4. The Bertz CT molecular complexity index is 1360. The summed E-state index contributed by atoms with van der Waals surface area (Å²) in [5.41, 5.74) is 3.87. The predicted octanol–water partition coefficient (Wildman–Crippen LogP) is 5.06. The fraction of sp³-hybridized carbons (Fsp3) is 0.167. The van der Waals surface area contributed by atoms with E-state index in [1.165, 1.54) is 18.2 Å². The van der Waals surface area contributed by atoms with Gasteiger partial charge in [-0.2, -0.15) is 13.2 Å². The largest absolute Gasteiger partial charge is 0.492 e. The van der Waals surface area contributed by atoms with Crippen LogP contribution in [0.4, 0.5) is 27.6 Å². The maximum absolute atomic E-state index is 14.0. The van der Waals surface area contributed by atoms with E-state index in [2.05, 4.69) is 10.6 Å². The molecular weight excluding hydrogens is 509 g/mol. The second-order valence-corrected chi connectivity index (χ2v) is 8.23. The number of ether oxygens (including phenoxy) is 1. The molecule has 188 valence electrons. The molecule has 0 saturated heterocycles. The first-order chi connectivity index (χ1) is 17.0. The minimum absolute atomic E-state index is 0.0361. The Hall–Kier alpha value is -3.70. The highest BCUT2D eigenvalue weighted by Gasteiger charge is 2.36. The summed E-state index contributed by atoms with van der Waals surface area (Å²) in [5, 5.41) is 5.19. The fourth-order valence-corrected chi connectivity index (χ4v) is 4.04. The van der Waals surface area contributed by atoms with Gasteiger partial charge in [-0.05, 0) is 42.5 Å². The molecule has 0 bridgehead atoms. The molecule has 6 nitrogen and oxygen atoms in total. The summed E-state index contributed by atoms with van der Waals surface area (Å²) in [6, 6.07) is 6.63. The molecular formula is C24H17ClF5N3O3. The van der Waals surface area contributed by atoms with Crippen LogP contribution in [0.3, 0.4) is 0 Å². The van der Waals surface area contributed by atoms with Gasteiger partial charge in [-0.25, -0.2) is 8.78 Å². The smallest absolute Gasteiger partial charge is 0.416 e. The number of amides is 2. The molecule has 1 aliphatic rings. The molecule has 3 aromatic rings. The Kier molecular flexibility index (Phi) is 6.87. The van der Waals surface area contributed by atoms with Crippen molar-refractivity contribution in [2.45, 2.75) is 12.2 Å². The molecule has 1 aliphatic heterocycles. The molecule has 1 atom stereocenters. The van der Waals surface area contributed by atoms with E-state index in [0.717, 1.165) is 12.1 Å². The monoisotopic (exact) mass is 525 g/mol. The van der Waals surface area contributed by atoms with Crippen molar-refractivity contribution in [3.63, 3.8) is 0 Å². The molecule has 4 rings (SSSR count). The van der Waals surface area contributed by atoms with Gasteiger partial charge < -0.3 is 21.1 Å². The van der Waals surface area contributed by atoms with Gasteiger partial charge in [-0.15, -0.1) is 0 Å². The van der Waals surface area contributed by atoms with Gasteiger partial charge in [0.15, 0.2) is 0 Å². The molecule has 3 aromatic carbocycles. The standard InChI is InChI=1S/C24H17ClF5N3O3/c25-18-2-1-13(26)8-16(18)21-20-17(23(35)33-21)9-15(36-4-3-31)10-19(20)32-22(34)11-5-12(24(28,29)30)7-14(27)6-11/h1-2,5-10,21H,3-4,31H2,(H,32,34)(H,33,35). The number of carbonyl (C=O) groups is 2.